The quantitative estimate of drug-likeness (QED) is 0.274. The number of benzene rings is 1. The van der Waals surface area contributed by atoms with E-state index in [0.717, 1.165) is 56.3 Å². The number of ether oxygens (including phenoxy) is 2. The molecule has 8 heteroatoms. The van der Waals surface area contributed by atoms with Crippen molar-refractivity contribution < 1.29 is 9.47 Å². The van der Waals surface area contributed by atoms with Crippen LogP contribution < -0.4 is 15.4 Å². The molecular weight excluding hydrogens is 523 g/mol. The third kappa shape index (κ3) is 7.91. The standard InChI is InChI=1S/C23H34N4O2S.HI/c1-5-20-17(3)30-22(27-20)8-10-25-23(24-4)26-13-19-7-6-16(2)12-21(19)29-15-18-9-11-28-14-18;/h6-7,12,18H,5,8-11,13-15H2,1-4H3,(H2,24,25,26);1H. The van der Waals surface area contributed by atoms with Crippen molar-refractivity contribution >= 4 is 41.3 Å². The number of thiazole rings is 1. The van der Waals surface area contributed by atoms with Crippen molar-refractivity contribution in [2.45, 2.75) is 46.6 Å². The third-order valence-electron chi connectivity index (χ3n) is 5.29. The summed E-state index contributed by atoms with van der Waals surface area (Å²) in [6, 6.07) is 6.36. The van der Waals surface area contributed by atoms with Crippen LogP contribution in [0.2, 0.25) is 0 Å². The van der Waals surface area contributed by atoms with Gasteiger partial charge in [-0.25, -0.2) is 4.98 Å². The first-order valence-electron chi connectivity index (χ1n) is 10.8. The first kappa shape index (κ1) is 25.9. The highest BCUT2D eigenvalue weighted by Crippen LogP contribution is 2.23. The maximum absolute atomic E-state index is 6.14. The number of nitrogens with one attached hydrogen (secondary N) is 2. The molecule has 0 aliphatic carbocycles. The smallest absolute Gasteiger partial charge is 0.191 e. The molecule has 1 aromatic heterocycles. The zero-order valence-electron chi connectivity index (χ0n) is 19.0. The van der Waals surface area contributed by atoms with Gasteiger partial charge in [-0.2, -0.15) is 0 Å². The summed E-state index contributed by atoms with van der Waals surface area (Å²) >= 11 is 1.79. The molecular formula is C23H35IN4O2S. The zero-order chi connectivity index (χ0) is 21.3. The molecule has 172 valence electrons. The van der Waals surface area contributed by atoms with Gasteiger partial charge in [0, 0.05) is 49.5 Å². The van der Waals surface area contributed by atoms with E-state index in [9.17, 15) is 0 Å². The summed E-state index contributed by atoms with van der Waals surface area (Å²) in [7, 11) is 1.80. The van der Waals surface area contributed by atoms with Crippen LogP contribution in [0.4, 0.5) is 0 Å². The van der Waals surface area contributed by atoms with Gasteiger partial charge in [-0.05, 0) is 38.3 Å². The topological polar surface area (TPSA) is 67.8 Å². The van der Waals surface area contributed by atoms with Gasteiger partial charge in [-0.15, -0.1) is 35.3 Å². The lowest BCUT2D eigenvalue weighted by molar-refractivity contribution is 0.166. The molecule has 1 saturated heterocycles. The van der Waals surface area contributed by atoms with E-state index in [2.05, 4.69) is 54.6 Å². The molecule has 6 nitrogen and oxygen atoms in total. The Labute approximate surface area is 207 Å². The van der Waals surface area contributed by atoms with E-state index in [0.29, 0.717) is 19.1 Å². The molecule has 1 aliphatic rings. The Hall–Kier alpha value is -1.39. The summed E-state index contributed by atoms with van der Waals surface area (Å²) in [6.45, 7) is 10.2. The molecule has 1 atom stereocenters. The summed E-state index contributed by atoms with van der Waals surface area (Å²) < 4.78 is 11.6. The van der Waals surface area contributed by atoms with Crippen LogP contribution >= 0.6 is 35.3 Å². The number of nitrogens with zero attached hydrogens (tertiary/aromatic N) is 2. The van der Waals surface area contributed by atoms with Gasteiger partial charge in [0.1, 0.15) is 5.75 Å². The minimum absolute atomic E-state index is 0. The van der Waals surface area contributed by atoms with E-state index >= 15 is 0 Å². The second kappa shape index (κ2) is 13.2. The Morgan fingerprint density at radius 1 is 1.32 bits per heavy atom. The highest BCUT2D eigenvalue weighted by Gasteiger charge is 2.17. The summed E-state index contributed by atoms with van der Waals surface area (Å²) in [5.41, 5.74) is 3.54. The zero-order valence-corrected chi connectivity index (χ0v) is 22.1. The predicted molar refractivity (Wildman–Crippen MR) is 139 cm³/mol. The van der Waals surface area contributed by atoms with Crippen molar-refractivity contribution in [2.75, 3.05) is 33.4 Å². The van der Waals surface area contributed by atoms with Crippen LogP contribution in [-0.4, -0.2) is 44.4 Å². The molecule has 0 saturated carbocycles. The highest BCUT2D eigenvalue weighted by molar-refractivity contribution is 14.0. The first-order valence-corrected chi connectivity index (χ1v) is 11.6. The monoisotopic (exact) mass is 558 g/mol. The number of guanidine groups is 1. The molecule has 1 aliphatic heterocycles. The van der Waals surface area contributed by atoms with Crippen molar-refractivity contribution in [3.05, 3.63) is 44.9 Å². The summed E-state index contributed by atoms with van der Waals surface area (Å²) in [6.07, 6.45) is 2.97. The van der Waals surface area contributed by atoms with Gasteiger partial charge >= 0.3 is 0 Å². The Balaban J connectivity index is 0.00000341. The van der Waals surface area contributed by atoms with Gasteiger partial charge in [0.05, 0.1) is 23.9 Å². The maximum atomic E-state index is 6.14. The predicted octanol–water partition coefficient (Wildman–Crippen LogP) is 4.26. The molecule has 31 heavy (non-hydrogen) atoms. The number of aliphatic imine (C=N–C) groups is 1. The van der Waals surface area contributed by atoms with Crippen molar-refractivity contribution in [1.82, 2.24) is 15.6 Å². The SMILES string of the molecule is CCc1nc(CCNC(=NC)NCc2ccc(C)cc2OCC2CCOC2)sc1C.I. The van der Waals surface area contributed by atoms with Crippen molar-refractivity contribution in [1.29, 1.82) is 0 Å². The number of aryl methyl sites for hydroxylation is 3. The van der Waals surface area contributed by atoms with Crippen LogP contribution in [0.3, 0.4) is 0 Å². The lowest BCUT2D eigenvalue weighted by Crippen LogP contribution is -2.38. The first-order chi connectivity index (χ1) is 14.6. The fourth-order valence-corrected chi connectivity index (χ4v) is 4.50. The Morgan fingerprint density at radius 2 is 2.16 bits per heavy atom. The molecule has 0 radical (unpaired) electrons. The van der Waals surface area contributed by atoms with E-state index in [1.807, 2.05) is 0 Å². The van der Waals surface area contributed by atoms with Crippen molar-refractivity contribution in [2.24, 2.45) is 10.9 Å². The lowest BCUT2D eigenvalue weighted by Gasteiger charge is -2.17. The van der Waals surface area contributed by atoms with E-state index in [-0.39, 0.29) is 24.0 Å². The summed E-state index contributed by atoms with van der Waals surface area (Å²) in [4.78, 5) is 10.4. The minimum atomic E-state index is 0. The molecule has 1 unspecified atom stereocenters. The molecule has 3 rings (SSSR count). The van der Waals surface area contributed by atoms with Crippen LogP contribution in [0.25, 0.3) is 0 Å². The van der Waals surface area contributed by atoms with Gasteiger partial charge in [-0.3, -0.25) is 4.99 Å². The van der Waals surface area contributed by atoms with E-state index in [1.165, 1.54) is 21.1 Å². The van der Waals surface area contributed by atoms with Gasteiger partial charge in [0.15, 0.2) is 5.96 Å². The molecule has 1 aromatic carbocycles. The average Bonchev–Trinajstić information content (AvgIpc) is 3.39. The molecule has 2 N–H and O–H groups in total. The van der Waals surface area contributed by atoms with Crippen LogP contribution in [-0.2, 0) is 24.1 Å². The lowest BCUT2D eigenvalue weighted by atomic mass is 10.1. The second-order valence-corrected chi connectivity index (χ2v) is 9.01. The van der Waals surface area contributed by atoms with Crippen molar-refractivity contribution in [3.63, 3.8) is 0 Å². The Morgan fingerprint density at radius 3 is 2.84 bits per heavy atom. The third-order valence-corrected chi connectivity index (χ3v) is 6.37. The van der Waals surface area contributed by atoms with Crippen molar-refractivity contribution in [3.8, 4) is 5.75 Å². The fraction of sp³-hybridized carbons (Fsp3) is 0.565. The number of halogens is 1. The largest absolute Gasteiger partial charge is 0.493 e. The van der Waals surface area contributed by atoms with Gasteiger partial charge < -0.3 is 20.1 Å². The number of hydrogen-bond donors (Lipinski definition) is 2. The molecule has 0 amide bonds. The van der Waals surface area contributed by atoms with Crippen LogP contribution in [0.1, 0.15) is 40.1 Å². The maximum Gasteiger partial charge on any atom is 0.191 e. The Kier molecular flexibility index (Phi) is 11.0. The summed E-state index contributed by atoms with van der Waals surface area (Å²) in [5, 5.41) is 7.97. The van der Waals surface area contributed by atoms with Crippen LogP contribution in [0, 0.1) is 19.8 Å². The Bertz CT molecular complexity index is 850. The van der Waals surface area contributed by atoms with E-state index in [1.54, 1.807) is 18.4 Å². The molecule has 0 bridgehead atoms. The fourth-order valence-electron chi connectivity index (χ4n) is 3.47. The van der Waals surface area contributed by atoms with Gasteiger partial charge in [-0.1, -0.05) is 19.1 Å². The highest BCUT2D eigenvalue weighted by atomic mass is 127. The van der Waals surface area contributed by atoms with E-state index < -0.39 is 0 Å². The molecule has 2 aromatic rings. The molecule has 2 heterocycles. The van der Waals surface area contributed by atoms with Crippen LogP contribution in [0.15, 0.2) is 23.2 Å². The minimum Gasteiger partial charge on any atom is -0.493 e. The van der Waals surface area contributed by atoms with E-state index in [4.69, 9.17) is 14.5 Å². The second-order valence-electron chi connectivity index (χ2n) is 7.72. The summed E-state index contributed by atoms with van der Waals surface area (Å²) in [5.74, 6) is 2.22. The molecule has 1 fully saturated rings. The van der Waals surface area contributed by atoms with Gasteiger partial charge in [0.25, 0.3) is 0 Å². The average molecular weight is 559 g/mol. The number of aromatic nitrogens is 1. The van der Waals surface area contributed by atoms with Gasteiger partial charge in [0.2, 0.25) is 0 Å². The normalized spacial score (nSPS) is 16.1. The van der Waals surface area contributed by atoms with Crippen LogP contribution in [0.5, 0.6) is 5.75 Å². The molecule has 0 spiro atoms. The number of rotatable bonds is 9. The number of hydrogen-bond acceptors (Lipinski definition) is 5.